The number of aliphatic carboxylic acids is 1. The van der Waals surface area contributed by atoms with Crippen molar-refractivity contribution < 1.29 is 47.9 Å². The zero-order valence-corrected chi connectivity index (χ0v) is 26.1. The van der Waals surface area contributed by atoms with Crippen molar-refractivity contribution in [2.75, 3.05) is 46.8 Å². The summed E-state index contributed by atoms with van der Waals surface area (Å²) in [6.07, 6.45) is 3.44. The second-order valence-electron chi connectivity index (χ2n) is 10.4. The molecule has 1 aliphatic heterocycles. The standard InChI is InChI=1S/C33H46O10/c1-6-12-24-26(17-16-25(31(24)37-5)33(4)42-21-22-43-33)39-19-11-20-41-28-14-10-13-27(40-18-9-8-15-29(34)35)30(28)23(3)32(36)38-7-2/h10,13-14,16-17,23H,6-9,11-12,15,18-22H2,1-5H3,(H,34,35). The van der Waals surface area contributed by atoms with E-state index < -0.39 is 17.7 Å². The van der Waals surface area contributed by atoms with Crippen molar-refractivity contribution in [3.63, 3.8) is 0 Å². The molecule has 3 rings (SSSR count). The van der Waals surface area contributed by atoms with Crippen LogP contribution in [0.5, 0.6) is 23.0 Å². The van der Waals surface area contributed by atoms with E-state index in [1.54, 1.807) is 33.1 Å². The summed E-state index contributed by atoms with van der Waals surface area (Å²) in [7, 11) is 1.65. The highest BCUT2D eigenvalue weighted by Crippen LogP contribution is 2.42. The van der Waals surface area contributed by atoms with Gasteiger partial charge in [0.05, 0.1) is 63.8 Å². The van der Waals surface area contributed by atoms with E-state index in [4.69, 9.17) is 38.3 Å². The molecule has 1 fully saturated rings. The van der Waals surface area contributed by atoms with Crippen LogP contribution in [0.3, 0.4) is 0 Å². The molecule has 1 unspecified atom stereocenters. The zero-order valence-electron chi connectivity index (χ0n) is 26.1. The summed E-state index contributed by atoms with van der Waals surface area (Å²) in [6.45, 7) is 9.94. The number of carbonyl (C=O) groups is 2. The number of hydrogen-bond acceptors (Lipinski definition) is 9. The molecule has 2 aromatic rings. The van der Waals surface area contributed by atoms with Gasteiger partial charge in [-0.25, -0.2) is 0 Å². The van der Waals surface area contributed by atoms with Gasteiger partial charge >= 0.3 is 11.9 Å². The minimum atomic E-state index is -0.852. The number of rotatable bonds is 19. The molecule has 1 aliphatic rings. The van der Waals surface area contributed by atoms with E-state index in [0.29, 0.717) is 69.4 Å². The van der Waals surface area contributed by atoms with Crippen molar-refractivity contribution in [3.8, 4) is 23.0 Å². The molecule has 1 atom stereocenters. The van der Waals surface area contributed by atoms with Crippen molar-refractivity contribution in [1.29, 1.82) is 0 Å². The molecule has 0 bridgehead atoms. The SMILES string of the molecule is CCCc1c(OCCCOc2cccc(OCCCCC(=O)O)c2C(C)C(=O)OCC)ccc(C2(C)OCCO2)c1OC. The lowest BCUT2D eigenvalue weighted by Gasteiger charge is -2.27. The Kier molecular flexibility index (Phi) is 13.4. The largest absolute Gasteiger partial charge is 0.496 e. The summed E-state index contributed by atoms with van der Waals surface area (Å²) in [4.78, 5) is 23.5. The second-order valence-corrected chi connectivity index (χ2v) is 10.4. The number of ether oxygens (including phenoxy) is 7. The third-order valence-corrected chi connectivity index (χ3v) is 7.19. The molecule has 10 heteroatoms. The van der Waals surface area contributed by atoms with Gasteiger partial charge in [-0.05, 0) is 64.3 Å². The minimum Gasteiger partial charge on any atom is -0.496 e. The Balaban J connectivity index is 1.67. The lowest BCUT2D eigenvalue weighted by molar-refractivity contribution is -0.150. The monoisotopic (exact) mass is 602 g/mol. The summed E-state index contributed by atoms with van der Waals surface area (Å²) >= 11 is 0. The first kappa shape index (κ1) is 34.0. The van der Waals surface area contributed by atoms with Gasteiger partial charge in [0.15, 0.2) is 5.79 Å². The second kappa shape index (κ2) is 17.0. The molecule has 0 amide bonds. The highest BCUT2D eigenvalue weighted by Gasteiger charge is 2.37. The maximum atomic E-state index is 12.7. The Bertz CT molecular complexity index is 1190. The molecule has 1 saturated heterocycles. The van der Waals surface area contributed by atoms with E-state index in [2.05, 4.69) is 6.92 Å². The van der Waals surface area contributed by atoms with Crippen LogP contribution < -0.4 is 18.9 Å². The van der Waals surface area contributed by atoms with Crippen LogP contribution in [0.2, 0.25) is 0 Å². The molecule has 1 N–H and O–H groups in total. The molecule has 43 heavy (non-hydrogen) atoms. The van der Waals surface area contributed by atoms with Crippen molar-refractivity contribution in [3.05, 3.63) is 47.0 Å². The van der Waals surface area contributed by atoms with Crippen molar-refractivity contribution in [2.24, 2.45) is 0 Å². The molecular formula is C33H46O10. The van der Waals surface area contributed by atoms with E-state index >= 15 is 0 Å². The summed E-state index contributed by atoms with van der Waals surface area (Å²) in [5.74, 6) is -0.155. The predicted octanol–water partition coefficient (Wildman–Crippen LogP) is 6.02. The van der Waals surface area contributed by atoms with E-state index in [1.807, 2.05) is 25.1 Å². The maximum absolute atomic E-state index is 12.7. The summed E-state index contributed by atoms with van der Waals surface area (Å²) in [5, 5.41) is 8.87. The van der Waals surface area contributed by atoms with E-state index in [-0.39, 0.29) is 19.0 Å². The van der Waals surface area contributed by atoms with Crippen molar-refractivity contribution in [1.82, 2.24) is 0 Å². The first-order chi connectivity index (χ1) is 20.8. The topological polar surface area (TPSA) is 119 Å². The molecule has 0 radical (unpaired) electrons. The average molecular weight is 603 g/mol. The molecular weight excluding hydrogens is 556 g/mol. The molecule has 0 saturated carbocycles. The first-order valence-corrected chi connectivity index (χ1v) is 15.1. The lowest BCUT2D eigenvalue weighted by atomic mass is 9.98. The number of hydrogen-bond donors (Lipinski definition) is 1. The molecule has 1 heterocycles. The number of carboxylic acids is 1. The fraction of sp³-hybridized carbons (Fsp3) is 0.576. The fourth-order valence-electron chi connectivity index (χ4n) is 5.06. The van der Waals surface area contributed by atoms with Crippen molar-refractivity contribution in [2.45, 2.75) is 77.9 Å². The summed E-state index contributed by atoms with van der Waals surface area (Å²) < 4.78 is 41.2. The fourth-order valence-corrected chi connectivity index (χ4v) is 5.06. The number of benzene rings is 2. The van der Waals surface area contributed by atoms with Crippen LogP contribution in [0.15, 0.2) is 30.3 Å². The zero-order chi connectivity index (χ0) is 31.2. The van der Waals surface area contributed by atoms with Gasteiger partial charge in [0.1, 0.15) is 23.0 Å². The van der Waals surface area contributed by atoms with Crippen LogP contribution in [0, 0.1) is 0 Å². The van der Waals surface area contributed by atoms with Crippen LogP contribution in [0.1, 0.15) is 82.4 Å². The number of carbonyl (C=O) groups excluding carboxylic acids is 1. The predicted molar refractivity (Wildman–Crippen MR) is 160 cm³/mol. The van der Waals surface area contributed by atoms with Gasteiger partial charge in [-0.3, -0.25) is 9.59 Å². The molecule has 0 spiro atoms. The van der Waals surface area contributed by atoms with Gasteiger partial charge in [0.2, 0.25) is 0 Å². The van der Waals surface area contributed by atoms with Crippen LogP contribution in [0.4, 0.5) is 0 Å². The highest BCUT2D eigenvalue weighted by molar-refractivity contribution is 5.80. The number of carboxylic acid groups (broad SMARTS) is 1. The van der Waals surface area contributed by atoms with Crippen LogP contribution in [-0.2, 0) is 36.0 Å². The van der Waals surface area contributed by atoms with Gasteiger partial charge in [0.25, 0.3) is 0 Å². The van der Waals surface area contributed by atoms with Crippen LogP contribution in [0.25, 0.3) is 0 Å². The van der Waals surface area contributed by atoms with Gasteiger partial charge in [-0.15, -0.1) is 0 Å². The first-order valence-electron chi connectivity index (χ1n) is 15.1. The van der Waals surface area contributed by atoms with Crippen LogP contribution >= 0.6 is 0 Å². The number of unbranched alkanes of at least 4 members (excludes halogenated alkanes) is 1. The smallest absolute Gasteiger partial charge is 0.313 e. The average Bonchev–Trinajstić information content (AvgIpc) is 3.44. The highest BCUT2D eigenvalue weighted by atomic mass is 16.7. The summed E-state index contributed by atoms with van der Waals surface area (Å²) in [6, 6.07) is 9.27. The van der Waals surface area contributed by atoms with Gasteiger partial charge in [-0.1, -0.05) is 19.4 Å². The van der Waals surface area contributed by atoms with Crippen molar-refractivity contribution >= 4 is 11.9 Å². The van der Waals surface area contributed by atoms with E-state index in [9.17, 15) is 9.59 Å². The quantitative estimate of drug-likeness (QED) is 0.151. The Labute approximate surface area is 254 Å². The summed E-state index contributed by atoms with van der Waals surface area (Å²) in [5.41, 5.74) is 2.43. The molecule has 0 aromatic heterocycles. The normalized spacial score (nSPS) is 14.6. The molecule has 238 valence electrons. The minimum absolute atomic E-state index is 0.0831. The Morgan fingerprint density at radius 3 is 2.14 bits per heavy atom. The van der Waals surface area contributed by atoms with Crippen LogP contribution in [-0.4, -0.2) is 63.8 Å². The Morgan fingerprint density at radius 2 is 1.56 bits per heavy atom. The number of methoxy groups -OCH3 is 1. The third-order valence-electron chi connectivity index (χ3n) is 7.19. The molecule has 2 aromatic carbocycles. The van der Waals surface area contributed by atoms with Gasteiger partial charge in [0, 0.05) is 18.4 Å². The lowest BCUT2D eigenvalue weighted by Crippen LogP contribution is -2.24. The van der Waals surface area contributed by atoms with E-state index in [0.717, 1.165) is 35.5 Å². The van der Waals surface area contributed by atoms with Gasteiger partial charge in [-0.2, -0.15) is 0 Å². The molecule has 10 nitrogen and oxygen atoms in total. The molecule has 0 aliphatic carbocycles. The van der Waals surface area contributed by atoms with E-state index in [1.165, 1.54) is 0 Å². The Hall–Kier alpha value is -3.50. The number of esters is 1. The Morgan fingerprint density at radius 1 is 0.930 bits per heavy atom. The maximum Gasteiger partial charge on any atom is 0.313 e. The third kappa shape index (κ3) is 9.24. The van der Waals surface area contributed by atoms with Gasteiger partial charge < -0.3 is 38.3 Å².